The van der Waals surface area contributed by atoms with Crippen LogP contribution in [0.3, 0.4) is 0 Å². The topological polar surface area (TPSA) is 21.3 Å². The Kier molecular flexibility index (Phi) is 5.44. The molecule has 0 aliphatic carbocycles. The molecule has 1 aliphatic rings. The summed E-state index contributed by atoms with van der Waals surface area (Å²) >= 11 is 6.05. The quantitative estimate of drug-likeness (QED) is 0.609. The fraction of sp³-hybridized carbons (Fsp3) is 0.647. The number of rotatable bonds is 4. The average molecular weight is 466 g/mol. The summed E-state index contributed by atoms with van der Waals surface area (Å²) in [7, 11) is 0. The van der Waals surface area contributed by atoms with E-state index < -0.39 is 0 Å². The molecule has 0 radical (unpaired) electrons. The number of nitrogens with one attached hydrogen (secondary N) is 1. The fourth-order valence-electron chi connectivity index (χ4n) is 3.57. The Bertz CT molecular complexity index is 516. The summed E-state index contributed by atoms with van der Waals surface area (Å²) < 4.78 is 8.76. The van der Waals surface area contributed by atoms with Gasteiger partial charge in [-0.25, -0.2) is 0 Å². The van der Waals surface area contributed by atoms with Crippen LogP contribution in [0.2, 0.25) is 0 Å². The molecule has 1 aliphatic heterocycles. The molecule has 21 heavy (non-hydrogen) atoms. The van der Waals surface area contributed by atoms with E-state index in [4.69, 9.17) is 4.74 Å². The van der Waals surface area contributed by atoms with Crippen molar-refractivity contribution in [3.63, 3.8) is 0 Å². The molecule has 0 aromatic heterocycles. The van der Waals surface area contributed by atoms with Gasteiger partial charge in [0.05, 0.1) is 11.2 Å². The summed E-state index contributed by atoms with van der Waals surface area (Å²) in [5, 5.41) is 3.70. The van der Waals surface area contributed by atoms with Crippen molar-refractivity contribution in [1.82, 2.24) is 5.32 Å². The van der Waals surface area contributed by atoms with Crippen LogP contribution in [0.25, 0.3) is 0 Å². The molecule has 1 saturated heterocycles. The number of halogens is 2. The van der Waals surface area contributed by atoms with E-state index in [1.165, 1.54) is 9.13 Å². The van der Waals surface area contributed by atoms with Crippen LogP contribution in [0.15, 0.2) is 22.7 Å². The van der Waals surface area contributed by atoms with Crippen LogP contribution in [0, 0.1) is 9.49 Å². The van der Waals surface area contributed by atoms with E-state index in [1.54, 1.807) is 0 Å². The fourth-order valence-corrected chi connectivity index (χ4v) is 4.62. The maximum Gasteiger partial charge on any atom is 0.0681 e. The Labute approximate surface area is 150 Å². The maximum atomic E-state index is 6.31. The van der Waals surface area contributed by atoms with Crippen LogP contribution in [0.5, 0.6) is 0 Å². The van der Waals surface area contributed by atoms with Gasteiger partial charge in [-0.1, -0.05) is 22.9 Å². The summed E-state index contributed by atoms with van der Waals surface area (Å²) in [4.78, 5) is 0. The lowest BCUT2D eigenvalue weighted by molar-refractivity contribution is -0.0778. The van der Waals surface area contributed by atoms with Gasteiger partial charge in [0, 0.05) is 20.0 Å². The van der Waals surface area contributed by atoms with Crippen molar-refractivity contribution in [3.8, 4) is 0 Å². The van der Waals surface area contributed by atoms with Crippen molar-refractivity contribution in [2.75, 3.05) is 6.54 Å². The third kappa shape index (κ3) is 4.01. The maximum absolute atomic E-state index is 6.31. The van der Waals surface area contributed by atoms with Gasteiger partial charge < -0.3 is 10.1 Å². The summed E-state index contributed by atoms with van der Waals surface area (Å²) in [5.74, 6) is 0.454. The molecule has 2 rings (SSSR count). The molecule has 2 atom stereocenters. The van der Waals surface area contributed by atoms with Crippen LogP contribution in [-0.2, 0) is 4.74 Å². The second-order valence-corrected chi connectivity index (χ2v) is 9.05. The summed E-state index contributed by atoms with van der Waals surface area (Å²) in [6, 6.07) is 6.85. The zero-order valence-corrected chi connectivity index (χ0v) is 17.2. The van der Waals surface area contributed by atoms with E-state index in [-0.39, 0.29) is 11.2 Å². The molecule has 2 unspecified atom stereocenters. The lowest BCUT2D eigenvalue weighted by Gasteiger charge is -2.34. The highest BCUT2D eigenvalue weighted by Crippen LogP contribution is 2.48. The standard InChI is InChI=1S/C17H25BrINO/c1-6-20-15(12-9-11(18)7-8-14(12)19)13-10-16(2,3)21-17(13,4)5/h7-9,13,15,20H,6,10H2,1-5H3. The van der Waals surface area contributed by atoms with E-state index in [1.807, 2.05) is 0 Å². The molecule has 2 nitrogen and oxygen atoms in total. The molecule has 1 aromatic rings. The predicted molar refractivity (Wildman–Crippen MR) is 101 cm³/mol. The van der Waals surface area contributed by atoms with Gasteiger partial charge in [0.15, 0.2) is 0 Å². The third-order valence-electron chi connectivity index (χ3n) is 4.26. The van der Waals surface area contributed by atoms with Crippen molar-refractivity contribution < 1.29 is 4.74 Å². The number of hydrogen-bond acceptors (Lipinski definition) is 2. The van der Waals surface area contributed by atoms with Gasteiger partial charge in [0.1, 0.15) is 0 Å². The number of ether oxygens (including phenoxy) is 1. The normalized spacial score (nSPS) is 25.0. The van der Waals surface area contributed by atoms with Crippen molar-refractivity contribution >= 4 is 38.5 Å². The molecule has 1 heterocycles. The third-order valence-corrected chi connectivity index (χ3v) is 5.74. The molecule has 1 fully saturated rings. The van der Waals surface area contributed by atoms with Crippen LogP contribution in [0.1, 0.15) is 52.6 Å². The van der Waals surface area contributed by atoms with Crippen LogP contribution in [-0.4, -0.2) is 17.7 Å². The summed E-state index contributed by atoms with van der Waals surface area (Å²) in [6.07, 6.45) is 1.07. The molecule has 1 N–H and O–H groups in total. The number of hydrogen-bond donors (Lipinski definition) is 1. The van der Waals surface area contributed by atoms with Crippen LogP contribution >= 0.6 is 38.5 Å². The first-order valence-electron chi connectivity index (χ1n) is 7.55. The molecule has 0 saturated carbocycles. The monoisotopic (exact) mass is 465 g/mol. The van der Waals surface area contributed by atoms with E-state index in [9.17, 15) is 0 Å². The minimum absolute atomic E-state index is 0.0563. The highest BCUT2D eigenvalue weighted by atomic mass is 127. The minimum Gasteiger partial charge on any atom is -0.369 e. The van der Waals surface area contributed by atoms with E-state index >= 15 is 0 Å². The smallest absolute Gasteiger partial charge is 0.0681 e. The Hall–Kier alpha value is 0.350. The Morgan fingerprint density at radius 2 is 2.05 bits per heavy atom. The van der Waals surface area contributed by atoms with Crippen LogP contribution < -0.4 is 5.32 Å². The SMILES string of the molecule is CCNC(c1cc(Br)ccc1I)C1CC(C)(C)OC1(C)C. The first kappa shape index (κ1) is 17.7. The molecule has 4 heteroatoms. The second kappa shape index (κ2) is 6.46. The first-order chi connectivity index (χ1) is 9.66. The summed E-state index contributed by atoms with van der Waals surface area (Å²) in [5.41, 5.74) is 1.19. The van der Waals surface area contributed by atoms with Crippen LogP contribution in [0.4, 0.5) is 0 Å². The molecule has 0 amide bonds. The van der Waals surface area contributed by atoms with E-state index in [0.717, 1.165) is 17.4 Å². The highest BCUT2D eigenvalue weighted by molar-refractivity contribution is 14.1. The minimum atomic E-state index is -0.123. The van der Waals surface area contributed by atoms with E-state index in [2.05, 4.69) is 96.7 Å². The van der Waals surface area contributed by atoms with Gasteiger partial charge in [-0.15, -0.1) is 0 Å². The zero-order chi connectivity index (χ0) is 15.8. The van der Waals surface area contributed by atoms with Crippen molar-refractivity contribution in [2.45, 2.75) is 58.3 Å². The Morgan fingerprint density at radius 1 is 1.38 bits per heavy atom. The largest absolute Gasteiger partial charge is 0.369 e. The predicted octanol–water partition coefficient (Wildman–Crippen LogP) is 5.30. The lowest BCUT2D eigenvalue weighted by atomic mass is 9.79. The van der Waals surface area contributed by atoms with Gasteiger partial charge >= 0.3 is 0 Å². The zero-order valence-electron chi connectivity index (χ0n) is 13.5. The second-order valence-electron chi connectivity index (χ2n) is 6.98. The Balaban J connectivity index is 2.42. The molecule has 0 spiro atoms. The Morgan fingerprint density at radius 3 is 2.57 bits per heavy atom. The average Bonchev–Trinajstić information content (AvgIpc) is 2.57. The number of benzene rings is 1. The van der Waals surface area contributed by atoms with Crippen molar-refractivity contribution in [1.29, 1.82) is 0 Å². The lowest BCUT2D eigenvalue weighted by Crippen LogP contribution is -2.38. The van der Waals surface area contributed by atoms with Gasteiger partial charge in [-0.05, 0) is 87.0 Å². The van der Waals surface area contributed by atoms with Gasteiger partial charge in [0.25, 0.3) is 0 Å². The molecular formula is C17H25BrINO. The first-order valence-corrected chi connectivity index (χ1v) is 9.42. The van der Waals surface area contributed by atoms with Gasteiger partial charge in [0.2, 0.25) is 0 Å². The molecule has 118 valence electrons. The summed E-state index contributed by atoms with van der Waals surface area (Å²) in [6.45, 7) is 12.0. The van der Waals surface area contributed by atoms with Crippen molar-refractivity contribution in [2.24, 2.45) is 5.92 Å². The molecular weight excluding hydrogens is 441 g/mol. The van der Waals surface area contributed by atoms with Gasteiger partial charge in [-0.2, -0.15) is 0 Å². The highest BCUT2D eigenvalue weighted by Gasteiger charge is 2.49. The molecule has 0 bridgehead atoms. The van der Waals surface area contributed by atoms with Gasteiger partial charge in [-0.3, -0.25) is 0 Å². The van der Waals surface area contributed by atoms with E-state index in [0.29, 0.717) is 12.0 Å². The molecule has 1 aromatic carbocycles. The van der Waals surface area contributed by atoms with Crippen molar-refractivity contribution in [3.05, 3.63) is 31.8 Å².